The Bertz CT molecular complexity index is 742. The van der Waals surface area contributed by atoms with E-state index < -0.39 is 0 Å². The van der Waals surface area contributed by atoms with Crippen molar-refractivity contribution in [2.75, 3.05) is 13.2 Å². The van der Waals surface area contributed by atoms with E-state index >= 15 is 0 Å². The second kappa shape index (κ2) is 8.94. The third-order valence-corrected chi connectivity index (χ3v) is 3.80. The molecule has 5 nitrogen and oxygen atoms in total. The molecule has 6 heteroatoms. The van der Waals surface area contributed by atoms with E-state index in [2.05, 4.69) is 27.3 Å². The molecule has 0 heterocycles. The average Bonchev–Trinajstić information content (AvgIpc) is 2.60. The van der Waals surface area contributed by atoms with Gasteiger partial charge in [-0.1, -0.05) is 30.3 Å². The van der Waals surface area contributed by atoms with Crippen LogP contribution >= 0.6 is 15.9 Å². The first-order valence-corrected chi connectivity index (χ1v) is 8.23. The molecule has 0 aliphatic rings. The van der Waals surface area contributed by atoms with Crippen molar-refractivity contribution in [2.24, 2.45) is 0 Å². The Labute approximate surface area is 149 Å². The number of nitrogens with zero attached hydrogens (tertiary/aromatic N) is 1. The van der Waals surface area contributed by atoms with Gasteiger partial charge in [-0.3, -0.25) is 4.79 Å². The van der Waals surface area contributed by atoms with Gasteiger partial charge in [-0.2, -0.15) is 5.26 Å². The number of nitrogens with one attached hydrogen (secondary N) is 1. The van der Waals surface area contributed by atoms with Crippen LogP contribution in [-0.4, -0.2) is 19.1 Å². The molecule has 2 aromatic carbocycles. The van der Waals surface area contributed by atoms with Crippen LogP contribution in [0, 0.1) is 11.3 Å². The van der Waals surface area contributed by atoms with Crippen molar-refractivity contribution in [3.63, 3.8) is 0 Å². The van der Waals surface area contributed by atoms with E-state index in [1.807, 2.05) is 37.3 Å². The molecular weight excluding hydrogens is 372 g/mol. The third kappa shape index (κ3) is 5.00. The standard InChI is InChI=1S/C18H17BrN2O3/c1-2-23-16-8-14(10-20)15(19)9-17(16)24-12-18(22)21-11-13-6-4-3-5-7-13/h3-9H,2,11-12H2,1H3,(H,21,22). The summed E-state index contributed by atoms with van der Waals surface area (Å²) in [5.41, 5.74) is 1.46. The second-order valence-corrected chi connectivity index (χ2v) is 5.73. The van der Waals surface area contributed by atoms with Crippen molar-refractivity contribution in [1.82, 2.24) is 5.32 Å². The molecule has 0 bridgehead atoms. The number of nitriles is 1. The number of hydrogen-bond donors (Lipinski definition) is 1. The molecule has 0 atom stereocenters. The van der Waals surface area contributed by atoms with E-state index in [9.17, 15) is 4.79 Å². The number of carbonyl (C=O) groups is 1. The van der Waals surface area contributed by atoms with E-state index in [0.29, 0.717) is 34.7 Å². The van der Waals surface area contributed by atoms with E-state index in [-0.39, 0.29) is 12.5 Å². The highest BCUT2D eigenvalue weighted by Gasteiger charge is 2.12. The van der Waals surface area contributed by atoms with E-state index in [1.54, 1.807) is 12.1 Å². The van der Waals surface area contributed by atoms with Crippen molar-refractivity contribution in [1.29, 1.82) is 5.26 Å². The number of carbonyl (C=O) groups excluding carboxylic acids is 1. The maximum Gasteiger partial charge on any atom is 0.258 e. The lowest BCUT2D eigenvalue weighted by Gasteiger charge is -2.13. The quantitative estimate of drug-likeness (QED) is 0.788. The first-order valence-electron chi connectivity index (χ1n) is 7.44. The van der Waals surface area contributed by atoms with Crippen LogP contribution in [0.1, 0.15) is 18.1 Å². The lowest BCUT2D eigenvalue weighted by Crippen LogP contribution is -2.28. The zero-order valence-electron chi connectivity index (χ0n) is 13.2. The summed E-state index contributed by atoms with van der Waals surface area (Å²) in [6.07, 6.45) is 0. The molecule has 2 aromatic rings. The van der Waals surface area contributed by atoms with Crippen LogP contribution in [0.5, 0.6) is 11.5 Å². The molecule has 2 rings (SSSR count). The smallest absolute Gasteiger partial charge is 0.258 e. The Morgan fingerprint density at radius 1 is 1.21 bits per heavy atom. The van der Waals surface area contributed by atoms with Gasteiger partial charge in [0.05, 0.1) is 12.2 Å². The first kappa shape index (κ1) is 17.8. The van der Waals surface area contributed by atoms with Gasteiger partial charge in [-0.25, -0.2) is 0 Å². The molecule has 0 fully saturated rings. The molecule has 124 valence electrons. The number of benzene rings is 2. The normalized spacial score (nSPS) is 9.88. The monoisotopic (exact) mass is 388 g/mol. The molecule has 0 unspecified atom stereocenters. The highest BCUT2D eigenvalue weighted by molar-refractivity contribution is 9.10. The fourth-order valence-corrected chi connectivity index (χ4v) is 2.40. The topological polar surface area (TPSA) is 71.3 Å². The SMILES string of the molecule is CCOc1cc(C#N)c(Br)cc1OCC(=O)NCc1ccccc1. The van der Waals surface area contributed by atoms with Gasteiger partial charge in [-0.15, -0.1) is 0 Å². The van der Waals surface area contributed by atoms with Crippen LogP contribution in [0.3, 0.4) is 0 Å². The van der Waals surface area contributed by atoms with Crippen LogP contribution in [0.4, 0.5) is 0 Å². The molecule has 1 N–H and O–H groups in total. The average molecular weight is 389 g/mol. The minimum atomic E-state index is -0.234. The maximum absolute atomic E-state index is 11.9. The Morgan fingerprint density at radius 2 is 1.92 bits per heavy atom. The Balaban J connectivity index is 1.96. The molecule has 1 amide bonds. The Morgan fingerprint density at radius 3 is 2.58 bits per heavy atom. The van der Waals surface area contributed by atoms with Gasteiger partial charge in [0, 0.05) is 17.1 Å². The van der Waals surface area contributed by atoms with Crippen molar-refractivity contribution < 1.29 is 14.3 Å². The number of ether oxygens (including phenoxy) is 2. The van der Waals surface area contributed by atoms with Crippen LogP contribution in [0.15, 0.2) is 46.9 Å². The predicted molar refractivity (Wildman–Crippen MR) is 93.8 cm³/mol. The lowest BCUT2D eigenvalue weighted by atomic mass is 10.2. The van der Waals surface area contributed by atoms with Crippen LogP contribution in [0.25, 0.3) is 0 Å². The van der Waals surface area contributed by atoms with E-state index in [0.717, 1.165) is 5.56 Å². The summed E-state index contributed by atoms with van der Waals surface area (Å²) in [5, 5.41) is 11.8. The molecule has 0 saturated carbocycles. The number of amides is 1. The van der Waals surface area contributed by atoms with Crippen molar-refractivity contribution in [3.8, 4) is 17.6 Å². The van der Waals surface area contributed by atoms with Gasteiger partial charge in [0.15, 0.2) is 18.1 Å². The molecule has 0 radical (unpaired) electrons. The third-order valence-electron chi connectivity index (χ3n) is 3.14. The highest BCUT2D eigenvalue weighted by Crippen LogP contribution is 2.33. The summed E-state index contributed by atoms with van der Waals surface area (Å²) >= 11 is 3.30. The highest BCUT2D eigenvalue weighted by atomic mass is 79.9. The summed E-state index contributed by atoms with van der Waals surface area (Å²) in [6.45, 7) is 2.58. The lowest BCUT2D eigenvalue weighted by molar-refractivity contribution is -0.123. The zero-order valence-corrected chi connectivity index (χ0v) is 14.8. The fourth-order valence-electron chi connectivity index (χ4n) is 1.99. The Hall–Kier alpha value is -2.52. The summed E-state index contributed by atoms with van der Waals surface area (Å²) < 4.78 is 11.6. The second-order valence-electron chi connectivity index (χ2n) is 4.87. The molecule has 0 aliphatic heterocycles. The van der Waals surface area contributed by atoms with Gasteiger partial charge < -0.3 is 14.8 Å². The van der Waals surface area contributed by atoms with E-state index in [4.69, 9.17) is 14.7 Å². The number of halogens is 1. The summed E-state index contributed by atoms with van der Waals surface area (Å²) in [5.74, 6) is 0.618. The van der Waals surface area contributed by atoms with Gasteiger partial charge >= 0.3 is 0 Å². The van der Waals surface area contributed by atoms with Crippen LogP contribution in [0.2, 0.25) is 0 Å². The molecule has 0 aromatic heterocycles. The van der Waals surface area contributed by atoms with Crippen LogP contribution in [-0.2, 0) is 11.3 Å². The summed E-state index contributed by atoms with van der Waals surface area (Å²) in [6, 6.07) is 14.9. The molecule has 0 aliphatic carbocycles. The van der Waals surface area contributed by atoms with Crippen molar-refractivity contribution >= 4 is 21.8 Å². The summed E-state index contributed by atoms with van der Waals surface area (Å²) in [7, 11) is 0. The molecular formula is C18H17BrN2O3. The van der Waals surface area contributed by atoms with Gasteiger partial charge in [0.1, 0.15) is 6.07 Å². The molecule has 0 saturated heterocycles. The maximum atomic E-state index is 11.9. The van der Waals surface area contributed by atoms with Gasteiger partial charge in [0.2, 0.25) is 0 Å². The number of rotatable bonds is 7. The molecule has 24 heavy (non-hydrogen) atoms. The van der Waals surface area contributed by atoms with Gasteiger partial charge in [0.25, 0.3) is 5.91 Å². The fraction of sp³-hybridized carbons (Fsp3) is 0.222. The van der Waals surface area contributed by atoms with Crippen molar-refractivity contribution in [2.45, 2.75) is 13.5 Å². The summed E-state index contributed by atoms with van der Waals surface area (Å²) in [4.78, 5) is 11.9. The number of hydrogen-bond acceptors (Lipinski definition) is 4. The predicted octanol–water partition coefficient (Wildman–Crippen LogP) is 3.41. The first-order chi connectivity index (χ1) is 11.6. The van der Waals surface area contributed by atoms with Crippen LogP contribution < -0.4 is 14.8 Å². The zero-order chi connectivity index (χ0) is 17.4. The minimum Gasteiger partial charge on any atom is -0.490 e. The largest absolute Gasteiger partial charge is 0.490 e. The van der Waals surface area contributed by atoms with Gasteiger partial charge in [-0.05, 0) is 34.5 Å². The minimum absolute atomic E-state index is 0.134. The van der Waals surface area contributed by atoms with E-state index in [1.165, 1.54) is 0 Å². The molecule has 0 spiro atoms. The van der Waals surface area contributed by atoms with Crippen molar-refractivity contribution in [3.05, 3.63) is 58.1 Å². The Kier molecular flexibility index (Phi) is 6.64.